The van der Waals surface area contributed by atoms with Gasteiger partial charge in [0.25, 0.3) is 5.56 Å². The summed E-state index contributed by atoms with van der Waals surface area (Å²) in [6.07, 6.45) is 2.72. The minimum atomic E-state index is -4.40. The molecule has 4 rings (SSSR count). The first-order chi connectivity index (χ1) is 17.2. The van der Waals surface area contributed by atoms with E-state index in [1.807, 2.05) is 0 Å². The van der Waals surface area contributed by atoms with Crippen LogP contribution in [0.3, 0.4) is 0 Å². The molecule has 0 spiro atoms. The van der Waals surface area contributed by atoms with Crippen molar-refractivity contribution in [1.82, 2.24) is 28.9 Å². The Kier molecular flexibility index (Phi) is 7.67. The fraction of sp³-hybridized carbons (Fsp3) is 0.417. The first-order valence-electron chi connectivity index (χ1n) is 11.7. The van der Waals surface area contributed by atoms with Crippen molar-refractivity contribution in [1.29, 1.82) is 0 Å². The predicted octanol–water partition coefficient (Wildman–Crippen LogP) is 4.63. The molecule has 0 unspecified atom stereocenters. The number of alkyl halides is 3. The summed E-state index contributed by atoms with van der Waals surface area (Å²) >= 11 is 5.97. The molecule has 0 fully saturated rings. The van der Waals surface area contributed by atoms with Crippen molar-refractivity contribution in [2.75, 3.05) is 0 Å². The zero-order valence-corrected chi connectivity index (χ0v) is 20.4. The van der Waals surface area contributed by atoms with Crippen LogP contribution >= 0.6 is 11.6 Å². The Morgan fingerprint density at radius 2 is 1.83 bits per heavy atom. The van der Waals surface area contributed by atoms with Gasteiger partial charge < -0.3 is 4.98 Å². The zero-order chi connectivity index (χ0) is 25.9. The molecule has 1 N–H and O–H groups in total. The maximum absolute atomic E-state index is 13.1. The third kappa shape index (κ3) is 5.72. The summed E-state index contributed by atoms with van der Waals surface area (Å²) in [7, 11) is 0. The lowest BCUT2D eigenvalue weighted by atomic mass is 10.1. The fourth-order valence-corrected chi connectivity index (χ4v) is 4.33. The number of aromatic amines is 1. The Labute approximate surface area is 209 Å². The number of rotatable bonds is 10. The van der Waals surface area contributed by atoms with E-state index in [-0.39, 0.29) is 29.5 Å². The van der Waals surface area contributed by atoms with E-state index >= 15 is 0 Å². The van der Waals surface area contributed by atoms with Gasteiger partial charge in [-0.2, -0.15) is 23.3 Å². The largest absolute Gasteiger partial charge is 0.416 e. The highest BCUT2D eigenvalue weighted by Gasteiger charge is 2.30. The summed E-state index contributed by atoms with van der Waals surface area (Å²) in [5.41, 5.74) is 0.204. The second kappa shape index (κ2) is 10.7. The number of H-pyrrole nitrogens is 1. The van der Waals surface area contributed by atoms with Crippen LogP contribution in [0.2, 0.25) is 5.28 Å². The number of hydrogen-bond acceptors (Lipinski definition) is 4. The molecule has 0 bridgehead atoms. The van der Waals surface area contributed by atoms with Crippen molar-refractivity contribution in [3.63, 3.8) is 0 Å². The number of unbranched alkanes of at least 4 members (excludes halogenated alkanes) is 2. The quantitative estimate of drug-likeness (QED) is 0.243. The molecular weight excluding hydrogens is 497 g/mol. The lowest BCUT2D eigenvalue weighted by Gasteiger charge is -2.11. The van der Waals surface area contributed by atoms with E-state index in [1.165, 1.54) is 15.2 Å². The second-order valence-electron chi connectivity index (χ2n) is 8.67. The molecular formula is C24H26ClF3N6O2. The van der Waals surface area contributed by atoms with E-state index in [2.05, 4.69) is 22.0 Å². The third-order valence-electron chi connectivity index (χ3n) is 5.95. The van der Waals surface area contributed by atoms with Gasteiger partial charge >= 0.3 is 11.9 Å². The van der Waals surface area contributed by atoms with Crippen LogP contribution in [0.1, 0.15) is 49.3 Å². The second-order valence-corrected chi connectivity index (χ2v) is 9.03. The Morgan fingerprint density at radius 3 is 2.58 bits per heavy atom. The van der Waals surface area contributed by atoms with Crippen molar-refractivity contribution in [2.24, 2.45) is 0 Å². The molecule has 12 heteroatoms. The highest BCUT2D eigenvalue weighted by Crippen LogP contribution is 2.29. The molecule has 3 heterocycles. The van der Waals surface area contributed by atoms with Crippen molar-refractivity contribution < 1.29 is 13.2 Å². The Hall–Kier alpha value is -3.34. The molecule has 0 aliphatic rings. The van der Waals surface area contributed by atoms with Crippen LogP contribution in [-0.4, -0.2) is 28.9 Å². The molecule has 8 nitrogen and oxygen atoms in total. The zero-order valence-electron chi connectivity index (χ0n) is 19.7. The van der Waals surface area contributed by atoms with Gasteiger partial charge in [0, 0.05) is 19.3 Å². The van der Waals surface area contributed by atoms with Crippen molar-refractivity contribution in [3.8, 4) is 0 Å². The van der Waals surface area contributed by atoms with Crippen LogP contribution in [0.5, 0.6) is 0 Å². The van der Waals surface area contributed by atoms with Gasteiger partial charge in [0.2, 0.25) is 5.28 Å². The SMILES string of the molecule is CCCCCn1c(=O)n(CCCc2cnn(Cc3cccc(C(F)(F)F)c3)c2)c(=O)c2[nH]c(Cl)nc21. The molecule has 192 valence electrons. The first-order valence-corrected chi connectivity index (χ1v) is 12.1. The molecule has 0 aliphatic carbocycles. The Balaban J connectivity index is 1.46. The molecule has 0 radical (unpaired) electrons. The Morgan fingerprint density at radius 1 is 1.06 bits per heavy atom. The minimum Gasteiger partial charge on any atom is -0.323 e. The van der Waals surface area contributed by atoms with Gasteiger partial charge in [0.1, 0.15) is 0 Å². The van der Waals surface area contributed by atoms with E-state index in [0.29, 0.717) is 24.9 Å². The molecule has 0 aliphatic heterocycles. The third-order valence-corrected chi connectivity index (χ3v) is 6.13. The van der Waals surface area contributed by atoms with E-state index in [0.717, 1.165) is 37.0 Å². The summed E-state index contributed by atoms with van der Waals surface area (Å²) < 4.78 is 43.1. The molecule has 36 heavy (non-hydrogen) atoms. The summed E-state index contributed by atoms with van der Waals surface area (Å²) in [6, 6.07) is 5.13. The smallest absolute Gasteiger partial charge is 0.323 e. The number of halogens is 4. The molecule has 0 saturated carbocycles. The Bertz CT molecular complexity index is 1470. The average molecular weight is 523 g/mol. The number of nitrogens with one attached hydrogen (secondary N) is 1. The molecule has 3 aromatic heterocycles. The van der Waals surface area contributed by atoms with E-state index in [4.69, 9.17) is 11.6 Å². The predicted molar refractivity (Wildman–Crippen MR) is 130 cm³/mol. The first kappa shape index (κ1) is 25.7. The van der Waals surface area contributed by atoms with Crippen LogP contribution in [0.4, 0.5) is 13.2 Å². The number of imidazole rings is 1. The van der Waals surface area contributed by atoms with Crippen molar-refractivity contribution in [2.45, 2.75) is 64.8 Å². The lowest BCUT2D eigenvalue weighted by Crippen LogP contribution is -2.40. The van der Waals surface area contributed by atoms with E-state index < -0.39 is 23.0 Å². The van der Waals surface area contributed by atoms with E-state index in [9.17, 15) is 22.8 Å². The van der Waals surface area contributed by atoms with Crippen LogP contribution in [0.25, 0.3) is 11.2 Å². The molecule has 0 saturated heterocycles. The number of fused-ring (bicyclic) bond motifs is 1. The molecule has 1 aromatic carbocycles. The van der Waals surface area contributed by atoms with E-state index in [1.54, 1.807) is 23.1 Å². The van der Waals surface area contributed by atoms with Gasteiger partial charge in [-0.25, -0.2) is 4.79 Å². The summed E-state index contributed by atoms with van der Waals surface area (Å²) in [5, 5.41) is 4.29. The molecule has 0 amide bonds. The van der Waals surface area contributed by atoms with Crippen LogP contribution in [-0.2, 0) is 32.2 Å². The van der Waals surface area contributed by atoms with Crippen LogP contribution in [0.15, 0.2) is 46.2 Å². The normalized spacial score (nSPS) is 12.0. The van der Waals surface area contributed by atoms with Gasteiger partial charge in [0.05, 0.1) is 18.3 Å². The highest BCUT2D eigenvalue weighted by atomic mass is 35.5. The number of nitrogens with zero attached hydrogens (tertiary/aromatic N) is 5. The number of benzene rings is 1. The monoisotopic (exact) mass is 522 g/mol. The maximum Gasteiger partial charge on any atom is 0.416 e. The highest BCUT2D eigenvalue weighted by molar-refractivity contribution is 6.28. The summed E-state index contributed by atoms with van der Waals surface area (Å²) in [5.74, 6) is 0. The molecule has 4 aromatic rings. The minimum absolute atomic E-state index is 0.0525. The van der Waals surface area contributed by atoms with Crippen molar-refractivity contribution in [3.05, 3.63) is 79.5 Å². The van der Waals surface area contributed by atoms with Crippen molar-refractivity contribution >= 4 is 22.8 Å². The lowest BCUT2D eigenvalue weighted by molar-refractivity contribution is -0.137. The number of hydrogen-bond donors (Lipinski definition) is 1. The maximum atomic E-state index is 13.1. The van der Waals surface area contributed by atoms with Crippen LogP contribution in [0, 0.1) is 0 Å². The molecule has 0 atom stereocenters. The van der Waals surface area contributed by atoms with Gasteiger partial charge in [0.15, 0.2) is 11.2 Å². The number of aromatic nitrogens is 6. The van der Waals surface area contributed by atoms with Crippen LogP contribution < -0.4 is 11.2 Å². The topological polar surface area (TPSA) is 90.5 Å². The summed E-state index contributed by atoms with van der Waals surface area (Å²) in [4.78, 5) is 32.9. The van der Waals surface area contributed by atoms with Gasteiger partial charge in [-0.05, 0) is 54.1 Å². The standard InChI is InChI=1S/C24H26ClF3N6O2/c1-2-3-4-10-33-20-19(30-22(25)31-20)21(35)34(23(33)36)11-6-8-17-13-29-32(15-17)14-16-7-5-9-18(12-16)24(26,27)28/h5,7,9,12-13,15H,2-4,6,8,10-11,14H2,1H3,(H,30,31). The summed E-state index contributed by atoms with van der Waals surface area (Å²) in [6.45, 7) is 2.89. The average Bonchev–Trinajstić information content (AvgIpc) is 3.44. The fourth-order valence-electron chi connectivity index (χ4n) is 4.15. The van der Waals surface area contributed by atoms with Gasteiger partial charge in [-0.1, -0.05) is 31.9 Å². The number of aryl methyl sites for hydroxylation is 2. The van der Waals surface area contributed by atoms with Gasteiger partial charge in [-0.15, -0.1) is 0 Å². The van der Waals surface area contributed by atoms with Gasteiger partial charge in [-0.3, -0.25) is 18.6 Å².